The summed E-state index contributed by atoms with van der Waals surface area (Å²) in [5.41, 5.74) is -0.530. The second-order valence-corrected chi connectivity index (χ2v) is 5.03. The number of carbonyl (C=O) groups is 2. The summed E-state index contributed by atoms with van der Waals surface area (Å²) in [5.74, 6) is -1.29. The van der Waals surface area contributed by atoms with E-state index < -0.39 is 5.97 Å². The number of carboxylic acid groups (broad SMARTS) is 1. The molecule has 0 atom stereocenters. The van der Waals surface area contributed by atoms with Gasteiger partial charge in [-0.05, 0) is 13.8 Å². The molecular formula is C11H16N4O4. The highest BCUT2D eigenvalue weighted by Gasteiger charge is 2.30. The maximum Gasteiger partial charge on any atom is 0.358 e. The van der Waals surface area contributed by atoms with E-state index >= 15 is 0 Å². The van der Waals surface area contributed by atoms with E-state index in [-0.39, 0.29) is 23.7 Å². The van der Waals surface area contributed by atoms with Crippen molar-refractivity contribution in [2.24, 2.45) is 0 Å². The van der Waals surface area contributed by atoms with Gasteiger partial charge in [-0.2, -0.15) is 0 Å². The van der Waals surface area contributed by atoms with E-state index in [4.69, 9.17) is 9.84 Å². The van der Waals surface area contributed by atoms with Gasteiger partial charge in [0.05, 0.1) is 18.4 Å². The van der Waals surface area contributed by atoms with Crippen molar-refractivity contribution in [1.29, 1.82) is 0 Å². The smallest absolute Gasteiger partial charge is 0.358 e. The van der Waals surface area contributed by atoms with E-state index in [2.05, 4.69) is 10.3 Å². The first-order valence-corrected chi connectivity index (χ1v) is 5.92. The fourth-order valence-electron chi connectivity index (χ4n) is 1.94. The van der Waals surface area contributed by atoms with Gasteiger partial charge >= 0.3 is 5.97 Å². The molecule has 1 N–H and O–H groups in total. The van der Waals surface area contributed by atoms with Crippen molar-refractivity contribution in [3.8, 4) is 0 Å². The molecule has 0 saturated carbocycles. The fraction of sp³-hybridized carbons (Fsp3) is 0.636. The molecular weight excluding hydrogens is 252 g/mol. The third-order valence-corrected chi connectivity index (χ3v) is 2.83. The summed E-state index contributed by atoms with van der Waals surface area (Å²) in [6, 6.07) is 0. The molecule has 0 bridgehead atoms. The Kier molecular flexibility index (Phi) is 3.52. The predicted octanol–water partition coefficient (Wildman–Crippen LogP) is -0.386. The minimum Gasteiger partial charge on any atom is -0.476 e. The predicted molar refractivity (Wildman–Crippen MR) is 63.6 cm³/mol. The third-order valence-electron chi connectivity index (χ3n) is 2.83. The minimum absolute atomic E-state index is 0.0175. The molecule has 1 amide bonds. The molecule has 0 radical (unpaired) electrons. The largest absolute Gasteiger partial charge is 0.476 e. The summed E-state index contributed by atoms with van der Waals surface area (Å²) in [4.78, 5) is 24.4. The van der Waals surface area contributed by atoms with Crippen LogP contribution in [0.1, 0.15) is 24.3 Å². The first-order valence-electron chi connectivity index (χ1n) is 5.92. The van der Waals surface area contributed by atoms with Crippen LogP contribution in [0.25, 0.3) is 0 Å². The number of aromatic nitrogens is 3. The molecule has 0 aromatic carbocycles. The lowest BCUT2D eigenvalue weighted by Gasteiger charge is -2.38. The average Bonchev–Trinajstić information content (AvgIpc) is 2.76. The van der Waals surface area contributed by atoms with Crippen LogP contribution < -0.4 is 0 Å². The van der Waals surface area contributed by atoms with E-state index in [1.807, 2.05) is 13.8 Å². The summed E-state index contributed by atoms with van der Waals surface area (Å²) in [6.45, 7) is 5.36. The van der Waals surface area contributed by atoms with Gasteiger partial charge in [-0.1, -0.05) is 5.21 Å². The van der Waals surface area contributed by atoms with Crippen molar-refractivity contribution in [1.82, 2.24) is 19.9 Å². The summed E-state index contributed by atoms with van der Waals surface area (Å²) < 4.78 is 6.76. The zero-order valence-corrected chi connectivity index (χ0v) is 10.9. The third kappa shape index (κ3) is 3.28. The molecule has 8 heteroatoms. The molecule has 0 unspecified atom stereocenters. The van der Waals surface area contributed by atoms with Crippen LogP contribution in [0.2, 0.25) is 0 Å². The maximum atomic E-state index is 12.1. The highest BCUT2D eigenvalue weighted by Crippen LogP contribution is 2.16. The van der Waals surface area contributed by atoms with Crippen LogP contribution in [0, 0.1) is 0 Å². The number of hydrogen-bond acceptors (Lipinski definition) is 5. The summed E-state index contributed by atoms with van der Waals surface area (Å²) in [6.07, 6.45) is 1.24. The van der Waals surface area contributed by atoms with E-state index in [1.54, 1.807) is 4.90 Å². The van der Waals surface area contributed by atoms with Crippen LogP contribution >= 0.6 is 0 Å². The second kappa shape index (κ2) is 4.96. The molecule has 2 heterocycles. The highest BCUT2D eigenvalue weighted by molar-refractivity contribution is 5.84. The molecule has 104 valence electrons. The van der Waals surface area contributed by atoms with Crippen LogP contribution in [0.5, 0.6) is 0 Å². The van der Waals surface area contributed by atoms with Crippen LogP contribution in [0.4, 0.5) is 0 Å². The van der Waals surface area contributed by atoms with Gasteiger partial charge in [0, 0.05) is 13.1 Å². The van der Waals surface area contributed by atoms with Crippen LogP contribution in [-0.4, -0.2) is 62.2 Å². The quantitative estimate of drug-likeness (QED) is 0.802. The Morgan fingerprint density at radius 3 is 2.84 bits per heavy atom. The van der Waals surface area contributed by atoms with Crippen LogP contribution in [0.15, 0.2) is 6.20 Å². The number of rotatable bonds is 3. The number of morpholine rings is 1. The van der Waals surface area contributed by atoms with E-state index in [0.717, 1.165) is 0 Å². The van der Waals surface area contributed by atoms with Gasteiger partial charge in [0.25, 0.3) is 0 Å². The van der Waals surface area contributed by atoms with Crippen molar-refractivity contribution in [2.75, 3.05) is 19.7 Å². The first kappa shape index (κ1) is 13.5. The van der Waals surface area contributed by atoms with Crippen LogP contribution in [-0.2, 0) is 16.1 Å². The molecule has 1 aliphatic heterocycles. The normalized spacial score (nSPS) is 18.3. The standard InChI is InChI=1S/C11H16N4O4/c1-11(2)7-14(3-4-19-11)9(16)6-15-5-8(10(17)18)12-13-15/h5H,3-4,6-7H2,1-2H3,(H,17,18). The topological polar surface area (TPSA) is 97.6 Å². The highest BCUT2D eigenvalue weighted by atomic mass is 16.5. The molecule has 8 nitrogen and oxygen atoms in total. The van der Waals surface area contributed by atoms with Gasteiger partial charge in [0.2, 0.25) is 5.91 Å². The van der Waals surface area contributed by atoms with E-state index in [9.17, 15) is 9.59 Å². The Hall–Kier alpha value is -1.96. The SMILES string of the molecule is CC1(C)CN(C(=O)Cn2cc(C(=O)O)nn2)CCO1. The Morgan fingerprint density at radius 2 is 2.26 bits per heavy atom. The minimum atomic E-state index is -1.16. The van der Waals surface area contributed by atoms with Crippen molar-refractivity contribution >= 4 is 11.9 Å². The Morgan fingerprint density at radius 1 is 1.53 bits per heavy atom. The van der Waals surface area contributed by atoms with Crippen molar-refractivity contribution in [2.45, 2.75) is 26.0 Å². The van der Waals surface area contributed by atoms with E-state index in [1.165, 1.54) is 10.9 Å². The zero-order valence-electron chi connectivity index (χ0n) is 10.9. The Labute approximate surface area is 109 Å². The van der Waals surface area contributed by atoms with Gasteiger partial charge in [-0.15, -0.1) is 5.10 Å². The molecule has 1 saturated heterocycles. The zero-order chi connectivity index (χ0) is 14.0. The van der Waals surface area contributed by atoms with Gasteiger partial charge in [0.1, 0.15) is 6.54 Å². The Balaban J connectivity index is 1.98. The van der Waals surface area contributed by atoms with Crippen molar-refractivity contribution in [3.63, 3.8) is 0 Å². The van der Waals surface area contributed by atoms with Gasteiger partial charge in [0.15, 0.2) is 5.69 Å². The number of amides is 1. The molecule has 0 spiro atoms. The number of hydrogen-bond donors (Lipinski definition) is 1. The summed E-state index contributed by atoms with van der Waals surface area (Å²) in [5, 5.41) is 15.8. The van der Waals surface area contributed by atoms with Crippen LogP contribution in [0.3, 0.4) is 0 Å². The molecule has 1 aromatic rings. The molecule has 2 rings (SSSR count). The van der Waals surface area contributed by atoms with Crippen molar-refractivity contribution in [3.05, 3.63) is 11.9 Å². The average molecular weight is 268 g/mol. The summed E-state index contributed by atoms with van der Waals surface area (Å²) >= 11 is 0. The number of aromatic carboxylic acids is 1. The second-order valence-electron chi connectivity index (χ2n) is 5.03. The molecule has 1 aromatic heterocycles. The van der Waals surface area contributed by atoms with Crippen molar-refractivity contribution < 1.29 is 19.4 Å². The van der Waals surface area contributed by atoms with Gasteiger partial charge in [-0.25, -0.2) is 9.48 Å². The lowest BCUT2D eigenvalue weighted by atomic mass is 10.1. The number of carboxylic acids is 1. The lowest BCUT2D eigenvalue weighted by Crippen LogP contribution is -2.51. The maximum absolute atomic E-state index is 12.1. The van der Waals surface area contributed by atoms with E-state index in [0.29, 0.717) is 19.7 Å². The molecule has 19 heavy (non-hydrogen) atoms. The fourth-order valence-corrected chi connectivity index (χ4v) is 1.94. The number of carbonyl (C=O) groups excluding carboxylic acids is 1. The lowest BCUT2D eigenvalue weighted by molar-refractivity contribution is -0.146. The molecule has 1 fully saturated rings. The summed E-state index contributed by atoms with van der Waals surface area (Å²) in [7, 11) is 0. The van der Waals surface area contributed by atoms with Gasteiger partial charge in [-0.3, -0.25) is 4.79 Å². The monoisotopic (exact) mass is 268 g/mol. The number of ether oxygens (including phenoxy) is 1. The molecule has 0 aliphatic carbocycles. The Bertz CT molecular complexity index is 497. The first-order chi connectivity index (χ1) is 8.87. The molecule has 1 aliphatic rings. The van der Waals surface area contributed by atoms with Gasteiger partial charge < -0.3 is 14.7 Å². The number of nitrogens with zero attached hydrogens (tertiary/aromatic N) is 4.